The van der Waals surface area contributed by atoms with E-state index in [0.717, 1.165) is 12.5 Å². The van der Waals surface area contributed by atoms with Gasteiger partial charge in [-0.05, 0) is 41.4 Å². The van der Waals surface area contributed by atoms with Gasteiger partial charge in [-0.2, -0.15) is 0 Å². The highest BCUT2D eigenvalue weighted by molar-refractivity contribution is 9.10. The van der Waals surface area contributed by atoms with Gasteiger partial charge in [0.1, 0.15) is 0 Å². The molecule has 0 unspecified atom stereocenters. The van der Waals surface area contributed by atoms with Crippen molar-refractivity contribution < 1.29 is 19.2 Å². The van der Waals surface area contributed by atoms with Crippen molar-refractivity contribution in [3.8, 4) is 0 Å². The van der Waals surface area contributed by atoms with E-state index in [9.17, 15) is 19.7 Å². The Morgan fingerprint density at radius 3 is 2.71 bits per heavy atom. The Bertz CT molecular complexity index is 561. The number of carbonyl (C=O) groups is 2. The summed E-state index contributed by atoms with van der Waals surface area (Å²) in [5.41, 5.74) is -0.227. The Hall–Kier alpha value is -1.96. The maximum Gasteiger partial charge on any atom is 0.338 e. The normalized spacial score (nSPS) is 11.6. The van der Waals surface area contributed by atoms with Crippen molar-refractivity contribution in [2.45, 2.75) is 26.3 Å². The number of amides is 1. The summed E-state index contributed by atoms with van der Waals surface area (Å²) in [5.74, 6) is -1.20. The molecule has 0 aliphatic heterocycles. The van der Waals surface area contributed by atoms with E-state index >= 15 is 0 Å². The van der Waals surface area contributed by atoms with Crippen molar-refractivity contribution in [3.05, 3.63) is 38.3 Å². The number of nitro benzene ring substituents is 1. The van der Waals surface area contributed by atoms with Crippen molar-refractivity contribution in [3.63, 3.8) is 0 Å². The molecule has 0 aliphatic rings. The average Bonchev–Trinajstić information content (AvgIpc) is 2.44. The number of nitrogens with one attached hydrogen (secondary N) is 1. The monoisotopic (exact) mass is 358 g/mol. The standard InChI is InChI=1S/C13H15BrN2O5/c1-3-8(2)15-12(17)7-21-13(18)9-4-5-10(14)11(6-9)16(19)20/h4-6,8H,3,7H2,1-2H3,(H,15,17)/t8-/m0/s1. The minimum absolute atomic E-state index is 0.00929. The third-order valence-electron chi connectivity index (χ3n) is 2.73. The molecular formula is C13H15BrN2O5. The summed E-state index contributed by atoms with van der Waals surface area (Å²) >= 11 is 3.02. The van der Waals surface area contributed by atoms with Crippen LogP contribution in [0.5, 0.6) is 0 Å². The van der Waals surface area contributed by atoms with Crippen LogP contribution < -0.4 is 5.32 Å². The fraction of sp³-hybridized carbons (Fsp3) is 0.385. The number of carbonyl (C=O) groups excluding carboxylic acids is 2. The Morgan fingerprint density at radius 1 is 1.48 bits per heavy atom. The highest BCUT2D eigenvalue weighted by Crippen LogP contribution is 2.25. The molecule has 0 bridgehead atoms. The number of hydrogen-bond donors (Lipinski definition) is 1. The predicted octanol–water partition coefficient (Wildman–Crippen LogP) is 2.43. The van der Waals surface area contributed by atoms with Crippen molar-refractivity contribution in [1.82, 2.24) is 5.32 Å². The lowest BCUT2D eigenvalue weighted by Crippen LogP contribution is -2.35. The minimum atomic E-state index is -0.787. The van der Waals surface area contributed by atoms with Crippen LogP contribution in [0.2, 0.25) is 0 Å². The smallest absolute Gasteiger partial charge is 0.338 e. The first-order valence-corrected chi connectivity index (χ1v) is 7.04. The summed E-state index contributed by atoms with van der Waals surface area (Å²) in [7, 11) is 0. The second-order valence-electron chi connectivity index (χ2n) is 4.38. The molecule has 1 rings (SSSR count). The molecule has 0 aliphatic carbocycles. The number of benzene rings is 1. The van der Waals surface area contributed by atoms with Gasteiger partial charge in [-0.3, -0.25) is 14.9 Å². The average molecular weight is 359 g/mol. The predicted molar refractivity (Wildman–Crippen MR) is 79.0 cm³/mol. The van der Waals surface area contributed by atoms with Gasteiger partial charge in [0, 0.05) is 12.1 Å². The molecule has 0 aromatic heterocycles. The molecule has 8 heteroatoms. The SMILES string of the molecule is CC[C@H](C)NC(=O)COC(=O)c1ccc(Br)c([N+](=O)[O-])c1. The summed E-state index contributed by atoms with van der Waals surface area (Å²) in [4.78, 5) is 33.4. The Labute approximate surface area is 129 Å². The van der Waals surface area contributed by atoms with Crippen molar-refractivity contribution in [2.24, 2.45) is 0 Å². The Balaban J connectivity index is 2.66. The fourth-order valence-corrected chi connectivity index (χ4v) is 1.80. The Morgan fingerprint density at radius 2 is 2.14 bits per heavy atom. The van der Waals surface area contributed by atoms with Crippen molar-refractivity contribution >= 4 is 33.5 Å². The highest BCUT2D eigenvalue weighted by Gasteiger charge is 2.17. The largest absolute Gasteiger partial charge is 0.452 e. The van der Waals surface area contributed by atoms with E-state index in [-0.39, 0.29) is 21.8 Å². The molecule has 1 aromatic carbocycles. The van der Waals surface area contributed by atoms with Gasteiger partial charge in [0.2, 0.25) is 0 Å². The van der Waals surface area contributed by atoms with Crippen LogP contribution >= 0.6 is 15.9 Å². The second-order valence-corrected chi connectivity index (χ2v) is 5.23. The molecule has 21 heavy (non-hydrogen) atoms. The number of nitro groups is 1. The van der Waals surface area contributed by atoms with Gasteiger partial charge in [0.25, 0.3) is 11.6 Å². The topological polar surface area (TPSA) is 98.5 Å². The summed E-state index contributed by atoms with van der Waals surface area (Å²) in [6, 6.07) is 3.85. The van der Waals surface area contributed by atoms with E-state index in [2.05, 4.69) is 21.2 Å². The minimum Gasteiger partial charge on any atom is -0.452 e. The van der Waals surface area contributed by atoms with Crippen LogP contribution in [0.3, 0.4) is 0 Å². The van der Waals surface area contributed by atoms with Crippen LogP contribution in [0.25, 0.3) is 0 Å². The van der Waals surface area contributed by atoms with E-state index in [1.54, 1.807) is 0 Å². The first-order valence-electron chi connectivity index (χ1n) is 6.25. The third-order valence-corrected chi connectivity index (χ3v) is 3.40. The molecule has 1 atom stereocenters. The van der Waals surface area contributed by atoms with Crippen LogP contribution in [0.4, 0.5) is 5.69 Å². The first kappa shape index (κ1) is 17.1. The molecule has 0 spiro atoms. The summed E-state index contributed by atoms with van der Waals surface area (Å²) in [6.07, 6.45) is 0.762. The molecule has 0 fully saturated rings. The summed E-state index contributed by atoms with van der Waals surface area (Å²) in [5, 5.41) is 13.4. The van der Waals surface area contributed by atoms with Gasteiger partial charge < -0.3 is 10.1 Å². The molecule has 0 heterocycles. The lowest BCUT2D eigenvalue weighted by atomic mass is 10.2. The highest BCUT2D eigenvalue weighted by atomic mass is 79.9. The lowest BCUT2D eigenvalue weighted by molar-refractivity contribution is -0.385. The van der Waals surface area contributed by atoms with E-state index in [1.165, 1.54) is 12.1 Å². The van der Waals surface area contributed by atoms with Gasteiger partial charge in [-0.25, -0.2) is 4.79 Å². The summed E-state index contributed by atoms with van der Waals surface area (Å²) in [6.45, 7) is 3.32. The second kappa shape index (κ2) is 7.72. The molecule has 1 aromatic rings. The fourth-order valence-electron chi connectivity index (χ4n) is 1.41. The number of nitrogens with zero attached hydrogens (tertiary/aromatic N) is 1. The van der Waals surface area contributed by atoms with Gasteiger partial charge in [-0.1, -0.05) is 6.92 Å². The van der Waals surface area contributed by atoms with Gasteiger partial charge >= 0.3 is 5.97 Å². The van der Waals surface area contributed by atoms with Crippen molar-refractivity contribution in [1.29, 1.82) is 0 Å². The van der Waals surface area contributed by atoms with Gasteiger partial charge in [0.05, 0.1) is 15.0 Å². The zero-order valence-electron chi connectivity index (χ0n) is 11.6. The maximum atomic E-state index is 11.8. The van der Waals surface area contributed by atoms with Crippen molar-refractivity contribution in [2.75, 3.05) is 6.61 Å². The first-order chi connectivity index (χ1) is 9.85. The van der Waals surface area contributed by atoms with Crippen LogP contribution in [0.15, 0.2) is 22.7 Å². The molecule has 0 radical (unpaired) electrons. The number of hydrogen-bond acceptors (Lipinski definition) is 5. The van der Waals surface area contributed by atoms with E-state index in [1.807, 2.05) is 13.8 Å². The quantitative estimate of drug-likeness (QED) is 0.478. The molecular weight excluding hydrogens is 344 g/mol. The van der Waals surface area contributed by atoms with Crippen LogP contribution in [-0.4, -0.2) is 29.4 Å². The molecule has 114 valence electrons. The van der Waals surface area contributed by atoms with Gasteiger partial charge in [0.15, 0.2) is 6.61 Å². The Kier molecular flexibility index (Phi) is 6.29. The van der Waals surface area contributed by atoms with Crippen LogP contribution in [0.1, 0.15) is 30.6 Å². The zero-order chi connectivity index (χ0) is 16.0. The van der Waals surface area contributed by atoms with E-state index < -0.39 is 23.4 Å². The number of halogens is 1. The van der Waals surface area contributed by atoms with Gasteiger partial charge in [-0.15, -0.1) is 0 Å². The lowest BCUT2D eigenvalue weighted by Gasteiger charge is -2.11. The number of esters is 1. The summed E-state index contributed by atoms with van der Waals surface area (Å²) < 4.78 is 5.08. The number of ether oxygens (including phenoxy) is 1. The zero-order valence-corrected chi connectivity index (χ0v) is 13.2. The number of rotatable bonds is 6. The van der Waals surface area contributed by atoms with Crippen LogP contribution in [-0.2, 0) is 9.53 Å². The third kappa shape index (κ3) is 5.14. The van der Waals surface area contributed by atoms with E-state index in [4.69, 9.17) is 4.74 Å². The molecule has 1 N–H and O–H groups in total. The molecule has 7 nitrogen and oxygen atoms in total. The molecule has 1 amide bonds. The molecule has 0 saturated heterocycles. The molecule has 0 saturated carbocycles. The van der Waals surface area contributed by atoms with Crippen LogP contribution in [0, 0.1) is 10.1 Å². The maximum absolute atomic E-state index is 11.8. The van der Waals surface area contributed by atoms with E-state index in [0.29, 0.717) is 0 Å².